The molecule has 20 heavy (non-hydrogen) atoms. The third kappa shape index (κ3) is 4.60. The number of nitrogens with zero attached hydrogens (tertiary/aromatic N) is 1. The fourth-order valence-electron chi connectivity index (χ4n) is 1.78. The lowest BCUT2D eigenvalue weighted by atomic mass is 10.1. The molecule has 0 radical (unpaired) electrons. The molecule has 5 heteroatoms. The first-order chi connectivity index (χ1) is 9.52. The van der Waals surface area contributed by atoms with Gasteiger partial charge >= 0.3 is 0 Å². The molecule has 0 fully saturated rings. The molecule has 0 aromatic heterocycles. The summed E-state index contributed by atoms with van der Waals surface area (Å²) in [5.74, 6) is -0.655. The van der Waals surface area contributed by atoms with Gasteiger partial charge in [0, 0.05) is 24.1 Å². The Bertz CT molecular complexity index is 438. The second-order valence-corrected chi connectivity index (χ2v) is 4.34. The number of amides is 2. The molecular weight excluding hydrogens is 278 g/mol. The van der Waals surface area contributed by atoms with Gasteiger partial charge in [-0.3, -0.25) is 19.3 Å². The molecule has 112 valence electrons. The number of halogens is 1. The molecule has 0 N–H and O–H groups in total. The molecule has 0 aliphatic carbocycles. The number of alkyl halides is 1. The molecule has 0 aromatic rings. The number of hydrogen-bond donors (Lipinski definition) is 0. The number of ketones is 1. The summed E-state index contributed by atoms with van der Waals surface area (Å²) in [7, 11) is 0. The first-order valence-corrected chi connectivity index (χ1v) is 7.33. The Labute approximate surface area is 125 Å². The third-order valence-electron chi connectivity index (χ3n) is 2.77. The van der Waals surface area contributed by atoms with Crippen LogP contribution in [0.3, 0.4) is 0 Å². The first-order valence-electron chi connectivity index (χ1n) is 6.80. The van der Waals surface area contributed by atoms with Crippen LogP contribution in [-0.2, 0) is 14.4 Å². The molecule has 0 spiro atoms. The van der Waals surface area contributed by atoms with Gasteiger partial charge in [-0.05, 0) is 20.3 Å². The van der Waals surface area contributed by atoms with Crippen LogP contribution < -0.4 is 0 Å². The normalized spacial score (nSPS) is 14.9. The molecule has 1 heterocycles. The average molecular weight is 300 g/mol. The van der Waals surface area contributed by atoms with E-state index in [1.54, 1.807) is 26.0 Å². The van der Waals surface area contributed by atoms with Crippen LogP contribution in [0.25, 0.3) is 0 Å². The third-order valence-corrected chi connectivity index (χ3v) is 3.06. The predicted octanol–water partition coefficient (Wildman–Crippen LogP) is 2.86. The lowest BCUT2D eigenvalue weighted by Crippen LogP contribution is -2.32. The highest BCUT2D eigenvalue weighted by molar-refractivity contribution is 6.27. The van der Waals surface area contributed by atoms with E-state index in [4.69, 9.17) is 11.6 Å². The maximum atomic E-state index is 11.9. The van der Waals surface area contributed by atoms with Crippen LogP contribution in [0.15, 0.2) is 23.3 Å². The number of Topliss-reactive ketones (excluding diaryl/α,β-unsaturated/α-hetero) is 1. The summed E-state index contributed by atoms with van der Waals surface area (Å²) in [6.07, 6.45) is 4.11. The van der Waals surface area contributed by atoms with Crippen molar-refractivity contribution in [2.24, 2.45) is 0 Å². The fraction of sp³-hybridized carbons (Fsp3) is 0.533. The molecule has 0 saturated carbocycles. The van der Waals surface area contributed by atoms with Gasteiger partial charge in [-0.2, -0.15) is 0 Å². The number of rotatable bonds is 6. The lowest BCUT2D eigenvalue weighted by molar-refractivity contribution is -0.137. The minimum Gasteiger partial charge on any atom is -0.298 e. The van der Waals surface area contributed by atoms with Crippen LogP contribution in [0.4, 0.5) is 0 Å². The summed E-state index contributed by atoms with van der Waals surface area (Å²) >= 11 is 5.38. The van der Waals surface area contributed by atoms with E-state index in [1.165, 1.54) is 4.90 Å². The van der Waals surface area contributed by atoms with Crippen molar-refractivity contribution in [2.75, 3.05) is 12.4 Å². The van der Waals surface area contributed by atoms with Crippen LogP contribution in [-0.4, -0.2) is 34.9 Å². The number of allylic oxidation sites excluding steroid dienone is 1. The zero-order chi connectivity index (χ0) is 15.7. The summed E-state index contributed by atoms with van der Waals surface area (Å²) in [6.45, 7) is 7.69. The first kappa shape index (κ1) is 18.6. The van der Waals surface area contributed by atoms with Gasteiger partial charge < -0.3 is 0 Å². The van der Waals surface area contributed by atoms with Crippen LogP contribution in [0.5, 0.6) is 0 Å². The number of imide groups is 1. The summed E-state index contributed by atoms with van der Waals surface area (Å²) in [5, 5.41) is 0. The smallest absolute Gasteiger partial charge is 0.261 e. The topological polar surface area (TPSA) is 54.5 Å². The summed E-state index contributed by atoms with van der Waals surface area (Å²) in [6, 6.07) is 0. The van der Waals surface area contributed by atoms with E-state index in [2.05, 4.69) is 0 Å². The van der Waals surface area contributed by atoms with Crippen LogP contribution >= 0.6 is 11.6 Å². The van der Waals surface area contributed by atoms with Crippen molar-refractivity contribution in [3.8, 4) is 0 Å². The molecule has 0 bridgehead atoms. The number of carbonyl (C=O) groups is 3. The molecule has 0 atom stereocenters. The highest BCUT2D eigenvalue weighted by Gasteiger charge is 2.33. The van der Waals surface area contributed by atoms with Crippen LogP contribution in [0.2, 0.25) is 0 Å². The van der Waals surface area contributed by atoms with Gasteiger partial charge in [0.25, 0.3) is 11.8 Å². The second kappa shape index (κ2) is 9.48. The molecule has 0 unspecified atom stereocenters. The Kier molecular flexibility index (Phi) is 8.81. The highest BCUT2D eigenvalue weighted by atomic mass is 35.5. The van der Waals surface area contributed by atoms with Crippen molar-refractivity contribution in [3.63, 3.8) is 0 Å². The Morgan fingerprint density at radius 3 is 2.35 bits per heavy atom. The largest absolute Gasteiger partial charge is 0.298 e. The standard InChI is InChI=1S/C13H16ClNO3.C2H6/c1-3-5-11-9(2)12(17)15(13(11)18)7-4-6-10(16)8-14;1-2/h3,5H,4,6-8H2,1-2H3;1-2H3/b5-3-;. The van der Waals surface area contributed by atoms with Gasteiger partial charge in [0.1, 0.15) is 5.78 Å². The Morgan fingerprint density at radius 1 is 1.25 bits per heavy atom. The second-order valence-electron chi connectivity index (χ2n) is 4.08. The zero-order valence-electron chi connectivity index (χ0n) is 12.5. The van der Waals surface area contributed by atoms with Crippen LogP contribution in [0.1, 0.15) is 40.5 Å². The summed E-state index contributed by atoms with van der Waals surface area (Å²) in [5.41, 5.74) is 0.896. The van der Waals surface area contributed by atoms with Gasteiger partial charge in [0.15, 0.2) is 0 Å². The zero-order valence-corrected chi connectivity index (χ0v) is 13.3. The minimum absolute atomic E-state index is 0.0248. The number of carbonyl (C=O) groups excluding carboxylic acids is 3. The molecule has 1 rings (SSSR count). The number of hydrogen-bond acceptors (Lipinski definition) is 3. The van der Waals surface area contributed by atoms with E-state index in [9.17, 15) is 14.4 Å². The minimum atomic E-state index is -0.283. The van der Waals surface area contributed by atoms with Gasteiger partial charge in [-0.1, -0.05) is 26.0 Å². The highest BCUT2D eigenvalue weighted by Crippen LogP contribution is 2.21. The molecule has 1 aliphatic heterocycles. The fourth-order valence-corrected chi connectivity index (χ4v) is 1.92. The van der Waals surface area contributed by atoms with Gasteiger partial charge in [-0.15, -0.1) is 11.6 Å². The molecule has 0 aromatic carbocycles. The van der Waals surface area contributed by atoms with Crippen molar-refractivity contribution >= 4 is 29.2 Å². The average Bonchev–Trinajstić information content (AvgIpc) is 2.66. The molecule has 4 nitrogen and oxygen atoms in total. The Morgan fingerprint density at radius 2 is 1.85 bits per heavy atom. The van der Waals surface area contributed by atoms with Gasteiger partial charge in [-0.25, -0.2) is 0 Å². The van der Waals surface area contributed by atoms with Crippen molar-refractivity contribution in [3.05, 3.63) is 23.3 Å². The van der Waals surface area contributed by atoms with E-state index in [0.29, 0.717) is 24.0 Å². The predicted molar refractivity (Wildman–Crippen MR) is 80.5 cm³/mol. The Hall–Kier alpha value is -1.42. The van der Waals surface area contributed by atoms with E-state index >= 15 is 0 Å². The summed E-state index contributed by atoms with van der Waals surface area (Å²) in [4.78, 5) is 36.0. The van der Waals surface area contributed by atoms with E-state index in [1.807, 2.05) is 13.8 Å². The quantitative estimate of drug-likeness (QED) is 0.560. The van der Waals surface area contributed by atoms with Crippen molar-refractivity contribution < 1.29 is 14.4 Å². The molecule has 2 amide bonds. The Balaban J connectivity index is 0.00000172. The maximum Gasteiger partial charge on any atom is 0.261 e. The van der Waals surface area contributed by atoms with Crippen molar-refractivity contribution in [2.45, 2.75) is 40.5 Å². The molecular formula is C15H22ClNO3. The van der Waals surface area contributed by atoms with Crippen LogP contribution in [0, 0.1) is 0 Å². The van der Waals surface area contributed by atoms with Crippen molar-refractivity contribution in [1.82, 2.24) is 4.90 Å². The van der Waals surface area contributed by atoms with Gasteiger partial charge in [0.05, 0.1) is 5.88 Å². The van der Waals surface area contributed by atoms with Gasteiger partial charge in [0.2, 0.25) is 0 Å². The van der Waals surface area contributed by atoms with E-state index in [0.717, 1.165) is 0 Å². The van der Waals surface area contributed by atoms with Crippen molar-refractivity contribution in [1.29, 1.82) is 0 Å². The maximum absolute atomic E-state index is 11.9. The van der Waals surface area contributed by atoms with E-state index < -0.39 is 0 Å². The van der Waals surface area contributed by atoms with E-state index in [-0.39, 0.29) is 30.0 Å². The molecule has 0 saturated heterocycles. The lowest BCUT2D eigenvalue weighted by Gasteiger charge is -2.13. The summed E-state index contributed by atoms with van der Waals surface area (Å²) < 4.78 is 0. The monoisotopic (exact) mass is 299 g/mol. The SMILES string of the molecule is C/C=C\C1=C(C)C(=O)N(CCCC(=O)CCl)C1=O.CC. The molecule has 1 aliphatic rings.